The molecule has 182 valence electrons. The fourth-order valence-electron chi connectivity index (χ4n) is 4.97. The molecular formula is C28H23Cl3N4O. The molecular weight excluding hydrogens is 515 g/mol. The largest absolute Gasteiger partial charge is 0.418 e. The molecule has 0 N–H and O–H groups in total. The van der Waals surface area contributed by atoms with Gasteiger partial charge in [0.15, 0.2) is 0 Å². The third kappa shape index (κ3) is 4.00. The lowest BCUT2D eigenvalue weighted by atomic mass is 9.96. The molecule has 2 aliphatic carbocycles. The molecule has 0 spiro atoms. The van der Waals surface area contributed by atoms with E-state index in [1.165, 1.54) is 0 Å². The Bertz CT molecular complexity index is 1500. The van der Waals surface area contributed by atoms with E-state index in [2.05, 4.69) is 27.8 Å². The molecule has 36 heavy (non-hydrogen) atoms. The van der Waals surface area contributed by atoms with Crippen LogP contribution in [0.1, 0.15) is 49.4 Å². The highest BCUT2D eigenvalue weighted by molar-refractivity contribution is 6.33. The Labute approximate surface area is 224 Å². The van der Waals surface area contributed by atoms with Crippen LogP contribution in [0.5, 0.6) is 0 Å². The zero-order valence-corrected chi connectivity index (χ0v) is 21.9. The van der Waals surface area contributed by atoms with Gasteiger partial charge in [0.2, 0.25) is 5.89 Å². The molecule has 0 radical (unpaired) electrons. The minimum Gasteiger partial charge on any atom is -0.418 e. The van der Waals surface area contributed by atoms with Crippen molar-refractivity contribution in [2.24, 2.45) is 0 Å². The Morgan fingerprint density at radius 1 is 1.03 bits per heavy atom. The summed E-state index contributed by atoms with van der Waals surface area (Å²) in [7, 11) is 0. The van der Waals surface area contributed by atoms with Crippen LogP contribution >= 0.6 is 34.8 Å². The van der Waals surface area contributed by atoms with Gasteiger partial charge in [0.1, 0.15) is 11.5 Å². The Hall–Kier alpha value is -2.86. The molecule has 1 saturated carbocycles. The van der Waals surface area contributed by atoms with Gasteiger partial charge in [-0.15, -0.1) is 10.2 Å². The Balaban J connectivity index is 1.47. The Kier molecular flexibility index (Phi) is 6.03. The fraction of sp³-hybridized carbons (Fsp3) is 0.250. The topological polar surface area (TPSA) is 56.7 Å². The van der Waals surface area contributed by atoms with Gasteiger partial charge in [0, 0.05) is 15.6 Å². The van der Waals surface area contributed by atoms with Crippen LogP contribution in [0.25, 0.3) is 23.0 Å². The second-order valence-electron chi connectivity index (χ2n) is 9.19. The summed E-state index contributed by atoms with van der Waals surface area (Å²) in [5.41, 5.74) is 3.43. The number of allylic oxidation sites excluding steroid dienone is 4. The summed E-state index contributed by atoms with van der Waals surface area (Å²) in [5.74, 6) is 1.80. The van der Waals surface area contributed by atoms with Gasteiger partial charge >= 0.3 is 0 Å². The van der Waals surface area contributed by atoms with E-state index < -0.39 is 0 Å². The molecule has 2 aromatic carbocycles. The molecule has 5 nitrogen and oxygen atoms in total. The normalized spacial score (nSPS) is 18.3. The molecule has 1 fully saturated rings. The lowest BCUT2D eigenvalue weighted by molar-refractivity contribution is 0.470. The molecule has 2 aromatic heterocycles. The van der Waals surface area contributed by atoms with Crippen molar-refractivity contribution < 1.29 is 4.42 Å². The lowest BCUT2D eigenvalue weighted by Crippen LogP contribution is -2.12. The first-order valence-electron chi connectivity index (χ1n) is 12.0. The second-order valence-corrected chi connectivity index (χ2v) is 10.5. The first-order valence-corrected chi connectivity index (χ1v) is 13.1. The number of benzene rings is 2. The van der Waals surface area contributed by atoms with Crippen LogP contribution in [0.4, 0.5) is 0 Å². The van der Waals surface area contributed by atoms with Crippen molar-refractivity contribution in [2.45, 2.75) is 44.1 Å². The number of imidazole rings is 1. The molecule has 6 rings (SSSR count). The van der Waals surface area contributed by atoms with Crippen molar-refractivity contribution in [3.63, 3.8) is 0 Å². The van der Waals surface area contributed by atoms with E-state index >= 15 is 0 Å². The SMILES string of the molecule is CCc1c(-c2nnc(C3(c4ccc(Cl)cc4)CC3)o2)nc(-c2ccccc2Cl)n1C1C=CC(Cl)=CC1. The molecule has 0 amide bonds. The van der Waals surface area contributed by atoms with Crippen LogP contribution < -0.4 is 0 Å². The number of hydrogen-bond acceptors (Lipinski definition) is 4. The molecule has 1 unspecified atom stereocenters. The van der Waals surface area contributed by atoms with Crippen LogP contribution in [-0.2, 0) is 11.8 Å². The minimum atomic E-state index is -0.260. The standard InChI is InChI=1S/C28H23Cl3N4O/c1-2-23-24(26-33-34-27(36-26)28(15-16-28)17-7-9-18(29)10-8-17)32-25(21-5-3-4-6-22(21)31)35(23)20-13-11-19(30)12-14-20/h3-13,20H,2,14-16H2,1H3. The van der Waals surface area contributed by atoms with Crippen LogP contribution in [0.3, 0.4) is 0 Å². The number of nitrogens with zero attached hydrogens (tertiary/aromatic N) is 4. The third-order valence-corrected chi connectivity index (χ3v) is 7.87. The molecule has 0 saturated heterocycles. The maximum atomic E-state index is 6.63. The quantitative estimate of drug-likeness (QED) is 0.249. The summed E-state index contributed by atoms with van der Waals surface area (Å²) in [6.07, 6.45) is 9.45. The zero-order valence-electron chi connectivity index (χ0n) is 19.6. The van der Waals surface area contributed by atoms with E-state index in [0.29, 0.717) is 27.5 Å². The van der Waals surface area contributed by atoms with Gasteiger partial charge in [0.25, 0.3) is 5.89 Å². The summed E-state index contributed by atoms with van der Waals surface area (Å²) in [6, 6.07) is 15.7. The van der Waals surface area contributed by atoms with E-state index in [1.54, 1.807) is 0 Å². The van der Waals surface area contributed by atoms with Crippen LogP contribution in [0.15, 0.2) is 76.2 Å². The maximum absolute atomic E-state index is 6.63. The Morgan fingerprint density at radius 3 is 2.47 bits per heavy atom. The van der Waals surface area contributed by atoms with Crippen molar-refractivity contribution in [3.8, 4) is 23.0 Å². The van der Waals surface area contributed by atoms with Crippen LogP contribution in [0.2, 0.25) is 10.0 Å². The van der Waals surface area contributed by atoms with Crippen molar-refractivity contribution in [3.05, 3.63) is 99.0 Å². The summed E-state index contributed by atoms with van der Waals surface area (Å²) >= 11 is 19.0. The molecule has 2 heterocycles. The van der Waals surface area contributed by atoms with Crippen LogP contribution in [-0.4, -0.2) is 19.7 Å². The van der Waals surface area contributed by atoms with Gasteiger partial charge in [-0.2, -0.15) is 0 Å². The molecule has 1 atom stereocenters. The average Bonchev–Trinajstić information content (AvgIpc) is 3.38. The zero-order chi connectivity index (χ0) is 24.9. The van der Waals surface area contributed by atoms with E-state index in [4.69, 9.17) is 44.2 Å². The van der Waals surface area contributed by atoms with Crippen LogP contribution in [0, 0.1) is 0 Å². The summed E-state index contributed by atoms with van der Waals surface area (Å²) in [5, 5.41) is 11.0. The van der Waals surface area contributed by atoms with Gasteiger partial charge in [-0.25, -0.2) is 4.98 Å². The third-order valence-electron chi connectivity index (χ3n) is 7.01. The minimum absolute atomic E-state index is 0.0428. The van der Waals surface area contributed by atoms with Gasteiger partial charge in [-0.1, -0.05) is 78.1 Å². The molecule has 0 bridgehead atoms. The molecule has 8 heteroatoms. The number of rotatable bonds is 6. The smallest absolute Gasteiger partial charge is 0.268 e. The van der Waals surface area contributed by atoms with Gasteiger partial charge < -0.3 is 8.98 Å². The predicted octanol–water partition coefficient (Wildman–Crippen LogP) is 8.17. The first-order chi connectivity index (χ1) is 17.5. The summed E-state index contributed by atoms with van der Waals surface area (Å²) < 4.78 is 8.57. The van der Waals surface area contributed by atoms with E-state index in [-0.39, 0.29) is 11.5 Å². The molecule has 0 aliphatic heterocycles. The predicted molar refractivity (Wildman–Crippen MR) is 144 cm³/mol. The van der Waals surface area contributed by atoms with Gasteiger partial charge in [-0.05, 0) is 61.6 Å². The van der Waals surface area contributed by atoms with Gasteiger partial charge in [0.05, 0.1) is 22.2 Å². The van der Waals surface area contributed by atoms with Crippen molar-refractivity contribution in [1.29, 1.82) is 0 Å². The highest BCUT2D eigenvalue weighted by atomic mass is 35.5. The number of aromatic nitrogens is 4. The monoisotopic (exact) mass is 536 g/mol. The van der Waals surface area contributed by atoms with Crippen molar-refractivity contribution in [2.75, 3.05) is 0 Å². The maximum Gasteiger partial charge on any atom is 0.268 e. The van der Waals surface area contributed by atoms with E-state index in [9.17, 15) is 0 Å². The molecule has 4 aromatic rings. The second kappa shape index (κ2) is 9.22. The highest BCUT2D eigenvalue weighted by Crippen LogP contribution is 2.53. The van der Waals surface area contributed by atoms with Crippen molar-refractivity contribution >= 4 is 34.8 Å². The first kappa shape index (κ1) is 23.5. The Morgan fingerprint density at radius 2 is 1.81 bits per heavy atom. The number of halogens is 3. The number of hydrogen-bond donors (Lipinski definition) is 0. The fourth-order valence-corrected chi connectivity index (χ4v) is 5.48. The molecule has 2 aliphatic rings. The highest BCUT2D eigenvalue weighted by Gasteiger charge is 2.51. The van der Waals surface area contributed by atoms with E-state index in [0.717, 1.165) is 53.4 Å². The average molecular weight is 538 g/mol. The lowest BCUT2D eigenvalue weighted by Gasteiger charge is -2.21. The van der Waals surface area contributed by atoms with Gasteiger partial charge in [-0.3, -0.25) is 0 Å². The van der Waals surface area contributed by atoms with Crippen molar-refractivity contribution in [1.82, 2.24) is 19.7 Å². The summed E-state index contributed by atoms with van der Waals surface area (Å²) in [4.78, 5) is 5.05. The van der Waals surface area contributed by atoms with E-state index in [1.807, 2.05) is 60.7 Å². The summed E-state index contributed by atoms with van der Waals surface area (Å²) in [6.45, 7) is 2.11.